The molecule has 0 fully saturated rings. The fourth-order valence-corrected chi connectivity index (χ4v) is 0.851. The molecule has 0 aromatic heterocycles. The van der Waals surface area contributed by atoms with E-state index in [1.165, 1.54) is 0 Å². The fourth-order valence-electron chi connectivity index (χ4n) is 0.851. The highest BCUT2D eigenvalue weighted by Gasteiger charge is 2.33. The molecule has 0 rings (SSSR count). The summed E-state index contributed by atoms with van der Waals surface area (Å²) in [4.78, 5) is 32.1. The number of carboxylic acid groups (broad SMARTS) is 1. The van der Waals surface area contributed by atoms with Crippen molar-refractivity contribution in [3.8, 4) is 0 Å². The van der Waals surface area contributed by atoms with E-state index >= 15 is 0 Å². The van der Waals surface area contributed by atoms with Gasteiger partial charge in [0, 0.05) is 0 Å². The molecule has 0 aliphatic carbocycles. The number of rotatable bonds is 7. The average molecular weight is 251 g/mol. The molecule has 0 radical (unpaired) electrons. The van der Waals surface area contributed by atoms with Crippen molar-refractivity contribution in [1.29, 1.82) is 0 Å². The van der Waals surface area contributed by atoms with Crippen molar-refractivity contribution < 1.29 is 39.9 Å². The molecule has 6 N–H and O–H groups in total. The number of nitrogens with one attached hydrogen (secondary N) is 1. The number of aliphatic hydroxyl groups is 4. The second-order valence-corrected chi connectivity index (χ2v) is 3.13. The normalized spacial score (nSPS) is 15.8. The van der Waals surface area contributed by atoms with Gasteiger partial charge in [0.15, 0.2) is 6.10 Å². The minimum absolute atomic E-state index is 0.823. The molecule has 0 saturated heterocycles. The predicted octanol–water partition coefficient (Wildman–Crippen LogP) is -4.17. The minimum Gasteiger partial charge on any atom is -0.480 e. The van der Waals surface area contributed by atoms with Gasteiger partial charge < -0.3 is 30.8 Å². The van der Waals surface area contributed by atoms with E-state index in [0.717, 1.165) is 0 Å². The van der Waals surface area contributed by atoms with Crippen molar-refractivity contribution >= 4 is 17.7 Å². The van der Waals surface area contributed by atoms with Crippen LogP contribution in [0.5, 0.6) is 0 Å². The first kappa shape index (κ1) is 15.4. The second-order valence-electron chi connectivity index (χ2n) is 3.13. The van der Waals surface area contributed by atoms with Crippen LogP contribution in [-0.2, 0) is 14.4 Å². The lowest BCUT2D eigenvalue weighted by Crippen LogP contribution is -2.49. The third-order valence-corrected chi connectivity index (χ3v) is 1.80. The summed E-state index contributed by atoms with van der Waals surface area (Å²) >= 11 is 0. The van der Waals surface area contributed by atoms with Crippen LogP contribution in [0.1, 0.15) is 0 Å². The van der Waals surface area contributed by atoms with Gasteiger partial charge in [-0.2, -0.15) is 0 Å². The van der Waals surface area contributed by atoms with Crippen molar-refractivity contribution in [2.45, 2.75) is 18.3 Å². The Hall–Kier alpha value is -1.55. The monoisotopic (exact) mass is 251 g/mol. The summed E-state index contributed by atoms with van der Waals surface area (Å²) in [6.07, 6.45) is -6.07. The lowest BCUT2D eigenvalue weighted by molar-refractivity contribution is -0.151. The summed E-state index contributed by atoms with van der Waals surface area (Å²) in [5, 5.41) is 45.5. The SMILES string of the molecule is O=C(O)CNC(=O)C(=O)[C@@H](O)[C@H](O)[C@@H](O)CO. The highest BCUT2D eigenvalue weighted by molar-refractivity contribution is 6.38. The van der Waals surface area contributed by atoms with Crippen LogP contribution in [0.4, 0.5) is 0 Å². The van der Waals surface area contributed by atoms with E-state index in [1.807, 2.05) is 0 Å². The average Bonchev–Trinajstić information content (AvgIpc) is 2.31. The van der Waals surface area contributed by atoms with E-state index in [2.05, 4.69) is 0 Å². The number of aliphatic hydroxyl groups excluding tert-OH is 4. The van der Waals surface area contributed by atoms with E-state index in [9.17, 15) is 14.4 Å². The molecule has 98 valence electrons. The molecule has 0 aliphatic rings. The van der Waals surface area contributed by atoms with Crippen LogP contribution in [0.15, 0.2) is 0 Å². The molecular weight excluding hydrogens is 238 g/mol. The van der Waals surface area contributed by atoms with Crippen LogP contribution >= 0.6 is 0 Å². The topological polar surface area (TPSA) is 164 Å². The summed E-state index contributed by atoms with van der Waals surface area (Å²) in [5.74, 6) is -4.31. The standard InChI is InChI=1S/C8H13NO8/c10-2-3(11)5(14)6(15)7(16)8(17)9-1-4(12)13/h3,5-6,10-11,14-15H,1-2H2,(H,9,17)(H,12,13)/t3-,5+,6-/m0/s1. The molecule has 0 unspecified atom stereocenters. The Kier molecular flexibility index (Phi) is 6.28. The molecule has 0 bridgehead atoms. The Morgan fingerprint density at radius 1 is 1.12 bits per heavy atom. The zero-order valence-corrected chi connectivity index (χ0v) is 8.61. The van der Waals surface area contributed by atoms with Gasteiger partial charge in [0.05, 0.1) is 6.61 Å². The largest absolute Gasteiger partial charge is 0.480 e. The highest BCUT2D eigenvalue weighted by atomic mass is 16.4. The Morgan fingerprint density at radius 3 is 2.06 bits per heavy atom. The van der Waals surface area contributed by atoms with Gasteiger partial charge in [-0.3, -0.25) is 14.4 Å². The highest BCUT2D eigenvalue weighted by Crippen LogP contribution is 2.01. The molecule has 0 saturated carbocycles. The first-order valence-corrected chi connectivity index (χ1v) is 4.50. The van der Waals surface area contributed by atoms with Crippen molar-refractivity contribution in [3.05, 3.63) is 0 Å². The van der Waals surface area contributed by atoms with Crippen LogP contribution in [-0.4, -0.2) is 74.7 Å². The number of carbonyl (C=O) groups excluding carboxylic acids is 2. The third-order valence-electron chi connectivity index (χ3n) is 1.80. The molecule has 9 nitrogen and oxygen atoms in total. The van der Waals surface area contributed by atoms with Crippen molar-refractivity contribution in [2.75, 3.05) is 13.2 Å². The fraction of sp³-hybridized carbons (Fsp3) is 0.625. The van der Waals surface area contributed by atoms with E-state index in [4.69, 9.17) is 25.5 Å². The summed E-state index contributed by atoms with van der Waals surface area (Å²) in [6, 6.07) is 0. The Balaban J connectivity index is 4.38. The van der Waals surface area contributed by atoms with Crippen LogP contribution in [0, 0.1) is 0 Å². The summed E-state index contributed by atoms with van der Waals surface area (Å²) < 4.78 is 0. The molecule has 17 heavy (non-hydrogen) atoms. The Morgan fingerprint density at radius 2 is 1.65 bits per heavy atom. The minimum atomic E-state index is -2.24. The first-order chi connectivity index (χ1) is 7.81. The maximum atomic E-state index is 11.1. The third kappa shape index (κ3) is 4.87. The number of carboxylic acids is 1. The molecule has 0 aromatic rings. The molecule has 0 spiro atoms. The van der Waals surface area contributed by atoms with Gasteiger partial charge in [-0.1, -0.05) is 0 Å². The smallest absolute Gasteiger partial charge is 0.322 e. The number of hydrogen-bond acceptors (Lipinski definition) is 7. The number of ketones is 1. The van der Waals surface area contributed by atoms with Crippen LogP contribution in [0.3, 0.4) is 0 Å². The number of aliphatic carboxylic acids is 1. The van der Waals surface area contributed by atoms with Crippen molar-refractivity contribution in [3.63, 3.8) is 0 Å². The van der Waals surface area contributed by atoms with Crippen molar-refractivity contribution in [1.82, 2.24) is 5.32 Å². The van der Waals surface area contributed by atoms with Crippen LogP contribution in [0.25, 0.3) is 0 Å². The lowest BCUT2D eigenvalue weighted by Gasteiger charge is -2.19. The maximum Gasteiger partial charge on any atom is 0.322 e. The van der Waals surface area contributed by atoms with E-state index in [-0.39, 0.29) is 0 Å². The van der Waals surface area contributed by atoms with Crippen LogP contribution < -0.4 is 5.32 Å². The van der Waals surface area contributed by atoms with Gasteiger partial charge in [-0.05, 0) is 0 Å². The lowest BCUT2D eigenvalue weighted by atomic mass is 10.0. The number of hydrogen-bond donors (Lipinski definition) is 6. The quantitative estimate of drug-likeness (QED) is 0.248. The van der Waals surface area contributed by atoms with Crippen LogP contribution in [0.2, 0.25) is 0 Å². The summed E-state index contributed by atoms with van der Waals surface area (Å²) in [5.41, 5.74) is 0. The summed E-state index contributed by atoms with van der Waals surface area (Å²) in [6.45, 7) is -1.74. The zero-order valence-electron chi connectivity index (χ0n) is 8.61. The van der Waals surface area contributed by atoms with Gasteiger partial charge >= 0.3 is 5.97 Å². The number of amides is 1. The maximum absolute atomic E-state index is 11.1. The number of carbonyl (C=O) groups is 3. The predicted molar refractivity (Wildman–Crippen MR) is 50.8 cm³/mol. The Bertz CT molecular complexity index is 304. The van der Waals surface area contributed by atoms with E-state index in [0.29, 0.717) is 0 Å². The molecule has 0 aliphatic heterocycles. The van der Waals surface area contributed by atoms with E-state index in [1.54, 1.807) is 5.32 Å². The number of Topliss-reactive ketones (excluding diaryl/α,β-unsaturated/α-hetero) is 1. The first-order valence-electron chi connectivity index (χ1n) is 4.50. The van der Waals surface area contributed by atoms with Crippen molar-refractivity contribution in [2.24, 2.45) is 0 Å². The van der Waals surface area contributed by atoms with Gasteiger partial charge in [-0.25, -0.2) is 0 Å². The Labute approximate surface area is 95.3 Å². The van der Waals surface area contributed by atoms with Gasteiger partial charge in [0.1, 0.15) is 18.8 Å². The molecular formula is C8H13NO8. The molecule has 3 atom stereocenters. The molecule has 9 heteroatoms. The summed E-state index contributed by atoms with van der Waals surface area (Å²) in [7, 11) is 0. The molecule has 0 heterocycles. The molecule has 1 amide bonds. The molecule has 0 aromatic carbocycles. The van der Waals surface area contributed by atoms with E-state index < -0.39 is 49.1 Å². The van der Waals surface area contributed by atoms with Gasteiger partial charge in [0.2, 0.25) is 0 Å². The zero-order chi connectivity index (χ0) is 13.6. The van der Waals surface area contributed by atoms with Gasteiger partial charge in [-0.15, -0.1) is 0 Å². The van der Waals surface area contributed by atoms with Gasteiger partial charge in [0.25, 0.3) is 11.7 Å². The second kappa shape index (κ2) is 6.91.